The summed E-state index contributed by atoms with van der Waals surface area (Å²) in [5.41, 5.74) is 8.02. The van der Waals surface area contributed by atoms with Gasteiger partial charge in [-0.05, 0) is 32.4 Å². The van der Waals surface area contributed by atoms with Crippen molar-refractivity contribution < 1.29 is 4.74 Å². The van der Waals surface area contributed by atoms with Crippen LogP contribution >= 0.6 is 12.4 Å². The molecule has 1 rings (SSSR count). The van der Waals surface area contributed by atoms with Crippen LogP contribution in [0.5, 0.6) is 5.75 Å². The Labute approximate surface area is 91.9 Å². The van der Waals surface area contributed by atoms with Crippen molar-refractivity contribution in [3.8, 4) is 5.75 Å². The maximum absolute atomic E-state index is 5.60. The fourth-order valence-electron chi connectivity index (χ4n) is 1.18. The molecule has 0 heterocycles. The minimum atomic E-state index is 0. The Morgan fingerprint density at radius 2 is 2.00 bits per heavy atom. The van der Waals surface area contributed by atoms with Gasteiger partial charge in [0.25, 0.3) is 0 Å². The zero-order chi connectivity index (χ0) is 9.84. The normalized spacial score (nSPS) is 11.7. The smallest absolute Gasteiger partial charge is 0.122 e. The Balaban J connectivity index is 0.00000169. The molecule has 1 aromatic rings. The van der Waals surface area contributed by atoms with Crippen molar-refractivity contribution >= 4 is 12.4 Å². The van der Waals surface area contributed by atoms with Crippen molar-refractivity contribution in [1.29, 1.82) is 0 Å². The third kappa shape index (κ3) is 3.99. The molecule has 0 aliphatic heterocycles. The number of benzene rings is 1. The highest BCUT2D eigenvalue weighted by Gasteiger charge is 2.00. The van der Waals surface area contributed by atoms with E-state index >= 15 is 0 Å². The predicted octanol–water partition coefficient (Wildman–Crippen LogP) is 2.45. The molecule has 0 bridgehead atoms. The number of hydrogen-bond donors (Lipinski definition) is 1. The summed E-state index contributed by atoms with van der Waals surface area (Å²) in [7, 11) is 0. The zero-order valence-electron chi connectivity index (χ0n) is 8.91. The average molecular weight is 216 g/mol. The van der Waals surface area contributed by atoms with Crippen LogP contribution in [0.4, 0.5) is 0 Å². The Hall–Kier alpha value is -0.730. The van der Waals surface area contributed by atoms with Crippen LogP contribution in [0.15, 0.2) is 18.2 Å². The second-order valence-corrected chi connectivity index (χ2v) is 3.56. The van der Waals surface area contributed by atoms with Crippen LogP contribution in [0.1, 0.15) is 18.1 Å². The molecule has 2 nitrogen and oxygen atoms in total. The van der Waals surface area contributed by atoms with E-state index in [1.54, 1.807) is 0 Å². The summed E-state index contributed by atoms with van der Waals surface area (Å²) in [6.07, 6.45) is 0. The standard InChI is InChI=1S/C11H17NO.ClH/c1-8-4-5-11(9(2)6-8)13-7-10(3)12;/h4-6,10H,7,12H2,1-3H3;1H. The Morgan fingerprint density at radius 1 is 1.36 bits per heavy atom. The quantitative estimate of drug-likeness (QED) is 0.841. The molecular weight excluding hydrogens is 198 g/mol. The van der Waals surface area contributed by atoms with Gasteiger partial charge in [0.05, 0.1) is 0 Å². The van der Waals surface area contributed by atoms with Gasteiger partial charge in [-0.1, -0.05) is 17.7 Å². The Bertz CT molecular complexity index is 287. The molecule has 1 atom stereocenters. The van der Waals surface area contributed by atoms with Crippen molar-refractivity contribution in [2.45, 2.75) is 26.8 Å². The lowest BCUT2D eigenvalue weighted by atomic mass is 10.1. The molecule has 0 saturated carbocycles. The first-order chi connectivity index (χ1) is 6.09. The van der Waals surface area contributed by atoms with Gasteiger partial charge in [0, 0.05) is 6.04 Å². The minimum absolute atomic E-state index is 0. The third-order valence-corrected chi connectivity index (χ3v) is 1.83. The van der Waals surface area contributed by atoms with E-state index < -0.39 is 0 Å². The fourth-order valence-corrected chi connectivity index (χ4v) is 1.18. The summed E-state index contributed by atoms with van der Waals surface area (Å²) in [6.45, 7) is 6.62. The number of hydrogen-bond acceptors (Lipinski definition) is 2. The van der Waals surface area contributed by atoms with Gasteiger partial charge in [-0.3, -0.25) is 0 Å². The molecule has 1 unspecified atom stereocenters. The molecule has 0 radical (unpaired) electrons. The summed E-state index contributed by atoms with van der Waals surface area (Å²) >= 11 is 0. The van der Waals surface area contributed by atoms with E-state index in [2.05, 4.69) is 13.0 Å². The molecule has 0 aliphatic carbocycles. The minimum Gasteiger partial charge on any atom is -0.492 e. The first-order valence-electron chi connectivity index (χ1n) is 4.55. The highest BCUT2D eigenvalue weighted by molar-refractivity contribution is 5.85. The van der Waals surface area contributed by atoms with E-state index in [1.165, 1.54) is 11.1 Å². The van der Waals surface area contributed by atoms with Gasteiger partial charge in [-0.25, -0.2) is 0 Å². The van der Waals surface area contributed by atoms with E-state index in [0.717, 1.165) is 5.75 Å². The molecule has 0 aliphatic rings. The van der Waals surface area contributed by atoms with Crippen molar-refractivity contribution in [1.82, 2.24) is 0 Å². The van der Waals surface area contributed by atoms with Crippen LogP contribution in [0.25, 0.3) is 0 Å². The van der Waals surface area contributed by atoms with Gasteiger partial charge >= 0.3 is 0 Å². The lowest BCUT2D eigenvalue weighted by molar-refractivity contribution is 0.294. The zero-order valence-corrected chi connectivity index (χ0v) is 9.73. The van der Waals surface area contributed by atoms with Gasteiger partial charge in [-0.15, -0.1) is 12.4 Å². The predicted molar refractivity (Wildman–Crippen MR) is 62.3 cm³/mol. The summed E-state index contributed by atoms with van der Waals surface area (Å²) < 4.78 is 5.53. The Morgan fingerprint density at radius 3 is 2.50 bits per heavy atom. The monoisotopic (exact) mass is 215 g/mol. The lowest BCUT2D eigenvalue weighted by Crippen LogP contribution is -2.23. The van der Waals surface area contributed by atoms with Crippen LogP contribution in [-0.4, -0.2) is 12.6 Å². The van der Waals surface area contributed by atoms with Gasteiger partial charge in [0.2, 0.25) is 0 Å². The van der Waals surface area contributed by atoms with Crippen molar-refractivity contribution in [2.24, 2.45) is 5.73 Å². The van der Waals surface area contributed by atoms with Crippen molar-refractivity contribution in [2.75, 3.05) is 6.61 Å². The van der Waals surface area contributed by atoms with E-state index in [-0.39, 0.29) is 18.4 Å². The van der Waals surface area contributed by atoms with Crippen molar-refractivity contribution in [3.63, 3.8) is 0 Å². The topological polar surface area (TPSA) is 35.2 Å². The average Bonchev–Trinajstić information content (AvgIpc) is 2.02. The van der Waals surface area contributed by atoms with E-state index in [4.69, 9.17) is 10.5 Å². The van der Waals surface area contributed by atoms with Crippen LogP contribution in [0.3, 0.4) is 0 Å². The van der Waals surface area contributed by atoms with Crippen LogP contribution in [-0.2, 0) is 0 Å². The molecule has 1 aromatic carbocycles. The molecule has 0 aromatic heterocycles. The summed E-state index contributed by atoms with van der Waals surface area (Å²) in [4.78, 5) is 0. The lowest BCUT2D eigenvalue weighted by Gasteiger charge is -2.11. The third-order valence-electron chi connectivity index (χ3n) is 1.83. The largest absolute Gasteiger partial charge is 0.492 e. The second kappa shape index (κ2) is 5.89. The summed E-state index contributed by atoms with van der Waals surface area (Å²) in [5, 5.41) is 0. The molecular formula is C11H18ClNO. The Kier molecular flexibility index (Phi) is 5.58. The molecule has 0 amide bonds. The molecule has 14 heavy (non-hydrogen) atoms. The SMILES string of the molecule is Cc1ccc(OCC(C)N)c(C)c1.Cl. The van der Waals surface area contributed by atoms with E-state index in [1.807, 2.05) is 26.0 Å². The molecule has 0 saturated heterocycles. The maximum atomic E-state index is 5.60. The van der Waals surface area contributed by atoms with Crippen LogP contribution in [0.2, 0.25) is 0 Å². The van der Waals surface area contributed by atoms with E-state index in [9.17, 15) is 0 Å². The fraction of sp³-hybridized carbons (Fsp3) is 0.455. The van der Waals surface area contributed by atoms with Gasteiger partial charge < -0.3 is 10.5 Å². The first kappa shape index (κ1) is 13.3. The van der Waals surface area contributed by atoms with Gasteiger partial charge in [0.1, 0.15) is 12.4 Å². The molecule has 0 spiro atoms. The molecule has 3 heteroatoms. The first-order valence-corrected chi connectivity index (χ1v) is 4.55. The number of nitrogens with two attached hydrogens (primary N) is 1. The number of aryl methyl sites for hydroxylation is 2. The van der Waals surface area contributed by atoms with Crippen LogP contribution in [0, 0.1) is 13.8 Å². The molecule has 0 fully saturated rings. The molecule has 2 N–H and O–H groups in total. The number of rotatable bonds is 3. The molecule has 80 valence electrons. The van der Waals surface area contributed by atoms with Crippen LogP contribution < -0.4 is 10.5 Å². The summed E-state index contributed by atoms with van der Waals surface area (Å²) in [5.74, 6) is 0.933. The van der Waals surface area contributed by atoms with Crippen molar-refractivity contribution in [3.05, 3.63) is 29.3 Å². The maximum Gasteiger partial charge on any atom is 0.122 e. The van der Waals surface area contributed by atoms with Gasteiger partial charge in [0.15, 0.2) is 0 Å². The number of halogens is 1. The highest BCUT2D eigenvalue weighted by atomic mass is 35.5. The summed E-state index contributed by atoms with van der Waals surface area (Å²) in [6, 6.07) is 6.23. The van der Waals surface area contributed by atoms with E-state index in [0.29, 0.717) is 6.61 Å². The second-order valence-electron chi connectivity index (χ2n) is 3.56. The number of ether oxygens (including phenoxy) is 1. The van der Waals surface area contributed by atoms with Gasteiger partial charge in [-0.2, -0.15) is 0 Å². The highest BCUT2D eigenvalue weighted by Crippen LogP contribution is 2.18.